The van der Waals surface area contributed by atoms with E-state index in [2.05, 4.69) is 15.9 Å². The molecule has 0 bridgehead atoms. The van der Waals surface area contributed by atoms with Gasteiger partial charge in [-0.3, -0.25) is 0 Å². The molecule has 3 heteroatoms. The summed E-state index contributed by atoms with van der Waals surface area (Å²) in [6, 6.07) is 4.96. The SMILES string of the molecule is Oc1ccc(C=CCCBr)c(Cl)c1. The second-order valence-corrected chi connectivity index (χ2v) is 3.79. The van der Waals surface area contributed by atoms with Crippen molar-refractivity contribution in [1.29, 1.82) is 0 Å². The Hall–Kier alpha value is -0.470. The predicted molar refractivity (Wildman–Crippen MR) is 60.6 cm³/mol. The smallest absolute Gasteiger partial charge is 0.117 e. The van der Waals surface area contributed by atoms with E-state index in [9.17, 15) is 0 Å². The highest BCUT2D eigenvalue weighted by atomic mass is 79.9. The Morgan fingerprint density at radius 3 is 2.85 bits per heavy atom. The zero-order valence-corrected chi connectivity index (χ0v) is 9.35. The van der Waals surface area contributed by atoms with Gasteiger partial charge in [0.1, 0.15) is 5.75 Å². The van der Waals surface area contributed by atoms with Crippen LogP contribution < -0.4 is 0 Å². The zero-order chi connectivity index (χ0) is 9.68. The molecule has 70 valence electrons. The number of benzene rings is 1. The van der Waals surface area contributed by atoms with E-state index < -0.39 is 0 Å². The van der Waals surface area contributed by atoms with Crippen molar-refractivity contribution in [2.24, 2.45) is 0 Å². The predicted octanol–water partition coefficient (Wildman–Crippen LogP) is 3.84. The summed E-state index contributed by atoms with van der Waals surface area (Å²) in [5.41, 5.74) is 0.931. The number of phenols is 1. The van der Waals surface area contributed by atoms with Gasteiger partial charge in [-0.1, -0.05) is 39.7 Å². The second-order valence-electron chi connectivity index (χ2n) is 2.59. The van der Waals surface area contributed by atoms with Gasteiger partial charge in [0.05, 0.1) is 5.02 Å². The first kappa shape index (κ1) is 10.6. The number of hydrogen-bond donors (Lipinski definition) is 1. The molecule has 0 fully saturated rings. The van der Waals surface area contributed by atoms with Gasteiger partial charge in [-0.15, -0.1) is 0 Å². The average Bonchev–Trinajstić information content (AvgIpc) is 2.09. The van der Waals surface area contributed by atoms with Crippen LogP contribution in [0, 0.1) is 0 Å². The Balaban J connectivity index is 2.77. The largest absolute Gasteiger partial charge is 0.508 e. The molecule has 0 aliphatic carbocycles. The van der Waals surface area contributed by atoms with Crippen molar-refractivity contribution >= 4 is 33.6 Å². The number of hydrogen-bond acceptors (Lipinski definition) is 1. The molecule has 0 amide bonds. The van der Waals surface area contributed by atoms with E-state index >= 15 is 0 Å². The van der Waals surface area contributed by atoms with Gasteiger partial charge < -0.3 is 5.11 Å². The number of halogens is 2. The Kier molecular flexibility index (Phi) is 4.33. The summed E-state index contributed by atoms with van der Waals surface area (Å²) < 4.78 is 0. The highest BCUT2D eigenvalue weighted by molar-refractivity contribution is 9.09. The van der Waals surface area contributed by atoms with E-state index in [4.69, 9.17) is 16.7 Å². The minimum atomic E-state index is 0.197. The molecule has 1 N–H and O–H groups in total. The molecule has 13 heavy (non-hydrogen) atoms. The lowest BCUT2D eigenvalue weighted by Crippen LogP contribution is -1.75. The molecule has 0 aliphatic heterocycles. The Morgan fingerprint density at radius 2 is 2.23 bits per heavy atom. The van der Waals surface area contributed by atoms with E-state index in [1.54, 1.807) is 12.1 Å². The van der Waals surface area contributed by atoms with Gasteiger partial charge in [0, 0.05) is 5.33 Å². The topological polar surface area (TPSA) is 20.2 Å². The van der Waals surface area contributed by atoms with Crippen molar-refractivity contribution in [2.75, 3.05) is 5.33 Å². The molecule has 1 aromatic rings. The summed E-state index contributed by atoms with van der Waals surface area (Å²) in [6.07, 6.45) is 4.95. The van der Waals surface area contributed by atoms with Crippen LogP contribution in [0.1, 0.15) is 12.0 Å². The summed E-state index contributed by atoms with van der Waals surface area (Å²) >= 11 is 9.21. The van der Waals surface area contributed by atoms with Crippen LogP contribution in [0.3, 0.4) is 0 Å². The first-order chi connectivity index (χ1) is 6.24. The van der Waals surface area contributed by atoms with Gasteiger partial charge >= 0.3 is 0 Å². The Labute approximate surface area is 91.2 Å². The standard InChI is InChI=1S/C10H10BrClO/c11-6-2-1-3-8-4-5-9(13)7-10(8)12/h1,3-5,7,13H,2,6H2. The van der Waals surface area contributed by atoms with Gasteiger partial charge in [-0.2, -0.15) is 0 Å². The van der Waals surface area contributed by atoms with Gasteiger partial charge in [-0.05, 0) is 30.2 Å². The number of alkyl halides is 1. The fraction of sp³-hybridized carbons (Fsp3) is 0.200. The summed E-state index contributed by atoms with van der Waals surface area (Å²) in [5, 5.41) is 10.6. The molecule has 0 unspecified atom stereocenters. The van der Waals surface area contributed by atoms with E-state index in [0.29, 0.717) is 5.02 Å². The van der Waals surface area contributed by atoms with Crippen molar-refractivity contribution in [1.82, 2.24) is 0 Å². The first-order valence-electron chi connectivity index (χ1n) is 3.95. The molecule has 0 aromatic heterocycles. The quantitative estimate of drug-likeness (QED) is 0.820. The third-order valence-corrected chi connectivity index (χ3v) is 2.34. The third-order valence-electron chi connectivity index (χ3n) is 1.56. The van der Waals surface area contributed by atoms with Crippen LogP contribution in [0.2, 0.25) is 5.02 Å². The van der Waals surface area contributed by atoms with Crippen molar-refractivity contribution in [3.63, 3.8) is 0 Å². The van der Waals surface area contributed by atoms with Crippen molar-refractivity contribution in [3.05, 3.63) is 34.9 Å². The molecule has 1 nitrogen and oxygen atoms in total. The molecular weight excluding hydrogens is 251 g/mol. The molecule has 0 saturated heterocycles. The van der Waals surface area contributed by atoms with Crippen LogP contribution in [0.4, 0.5) is 0 Å². The Morgan fingerprint density at radius 1 is 1.46 bits per heavy atom. The van der Waals surface area contributed by atoms with E-state index in [0.717, 1.165) is 17.3 Å². The maximum absolute atomic E-state index is 9.09. The average molecular weight is 262 g/mol. The second kappa shape index (κ2) is 5.30. The first-order valence-corrected chi connectivity index (χ1v) is 5.45. The molecule has 0 saturated carbocycles. The lowest BCUT2D eigenvalue weighted by atomic mass is 10.2. The van der Waals surface area contributed by atoms with Gasteiger partial charge in [0.25, 0.3) is 0 Å². The number of allylic oxidation sites excluding steroid dienone is 1. The monoisotopic (exact) mass is 260 g/mol. The van der Waals surface area contributed by atoms with Crippen LogP contribution in [-0.4, -0.2) is 10.4 Å². The van der Waals surface area contributed by atoms with Crippen molar-refractivity contribution < 1.29 is 5.11 Å². The summed E-state index contributed by atoms with van der Waals surface area (Å²) in [7, 11) is 0. The van der Waals surface area contributed by atoms with Crippen molar-refractivity contribution in [3.8, 4) is 5.75 Å². The molecular formula is C10H10BrClO. The van der Waals surface area contributed by atoms with Gasteiger partial charge in [-0.25, -0.2) is 0 Å². The summed E-state index contributed by atoms with van der Waals surface area (Å²) in [5.74, 6) is 0.197. The molecule has 0 aliphatic rings. The van der Waals surface area contributed by atoms with Crippen LogP contribution >= 0.6 is 27.5 Å². The summed E-state index contributed by atoms with van der Waals surface area (Å²) in [4.78, 5) is 0. The van der Waals surface area contributed by atoms with Crippen molar-refractivity contribution in [2.45, 2.75) is 6.42 Å². The number of aromatic hydroxyl groups is 1. The van der Waals surface area contributed by atoms with Gasteiger partial charge in [0.15, 0.2) is 0 Å². The number of rotatable bonds is 3. The fourth-order valence-electron chi connectivity index (χ4n) is 0.925. The van der Waals surface area contributed by atoms with Gasteiger partial charge in [0.2, 0.25) is 0 Å². The molecule has 1 aromatic carbocycles. The molecule has 0 spiro atoms. The third kappa shape index (κ3) is 3.41. The minimum Gasteiger partial charge on any atom is -0.508 e. The maximum atomic E-state index is 9.09. The van der Waals surface area contributed by atoms with Crippen LogP contribution in [-0.2, 0) is 0 Å². The van der Waals surface area contributed by atoms with Crippen LogP contribution in [0.25, 0.3) is 6.08 Å². The lowest BCUT2D eigenvalue weighted by molar-refractivity contribution is 0.475. The normalized spacial score (nSPS) is 10.9. The molecule has 0 radical (unpaired) electrons. The zero-order valence-electron chi connectivity index (χ0n) is 7.00. The van der Waals surface area contributed by atoms with Crippen LogP contribution in [0.5, 0.6) is 5.75 Å². The highest BCUT2D eigenvalue weighted by Crippen LogP contribution is 2.22. The molecule has 1 rings (SSSR count). The molecule has 0 heterocycles. The van der Waals surface area contributed by atoms with E-state index in [1.807, 2.05) is 12.2 Å². The lowest BCUT2D eigenvalue weighted by Gasteiger charge is -1.98. The fourth-order valence-corrected chi connectivity index (χ4v) is 1.43. The highest BCUT2D eigenvalue weighted by Gasteiger charge is 1.96. The van der Waals surface area contributed by atoms with E-state index in [-0.39, 0.29) is 5.75 Å². The number of phenolic OH excluding ortho intramolecular Hbond substituents is 1. The van der Waals surface area contributed by atoms with Crippen LogP contribution in [0.15, 0.2) is 24.3 Å². The molecule has 0 atom stereocenters. The van der Waals surface area contributed by atoms with E-state index in [1.165, 1.54) is 6.07 Å². The minimum absolute atomic E-state index is 0.197. The maximum Gasteiger partial charge on any atom is 0.117 e. The Bertz CT molecular complexity index is 310. The summed E-state index contributed by atoms with van der Waals surface area (Å²) in [6.45, 7) is 0.